The molecule has 2 aromatic rings. The minimum atomic E-state index is -0.421. The van der Waals surface area contributed by atoms with Crippen molar-refractivity contribution in [1.82, 2.24) is 4.57 Å². The Kier molecular flexibility index (Phi) is 4.90. The fourth-order valence-corrected chi connectivity index (χ4v) is 2.42. The van der Waals surface area contributed by atoms with Crippen LogP contribution in [-0.4, -0.2) is 10.5 Å². The van der Waals surface area contributed by atoms with Gasteiger partial charge in [0.25, 0.3) is 11.5 Å². The van der Waals surface area contributed by atoms with Gasteiger partial charge in [0.15, 0.2) is 0 Å². The van der Waals surface area contributed by atoms with Gasteiger partial charge in [0.1, 0.15) is 5.82 Å². The number of halogens is 2. The molecule has 0 bridgehead atoms. The molecular formula is C15H14BrFN2O2. The average Bonchev–Trinajstić information content (AvgIpc) is 2.42. The molecule has 21 heavy (non-hydrogen) atoms. The maximum absolute atomic E-state index is 13.0. The van der Waals surface area contributed by atoms with Crippen molar-refractivity contribution in [2.24, 2.45) is 0 Å². The van der Waals surface area contributed by atoms with Crippen LogP contribution in [0.3, 0.4) is 0 Å². The zero-order valence-electron chi connectivity index (χ0n) is 11.4. The van der Waals surface area contributed by atoms with Crippen molar-refractivity contribution in [2.75, 3.05) is 5.32 Å². The first kappa shape index (κ1) is 15.4. The fourth-order valence-electron chi connectivity index (χ4n) is 1.89. The number of carbonyl (C=O) groups excluding carboxylic acids is 1. The van der Waals surface area contributed by atoms with Crippen LogP contribution in [0.4, 0.5) is 10.1 Å². The van der Waals surface area contributed by atoms with Crippen LogP contribution in [0.25, 0.3) is 0 Å². The Hall–Kier alpha value is -1.95. The molecule has 0 spiro atoms. The standard InChI is InChI=1S/C15H14BrFN2O2/c1-2-7-19-9-11(4-6-14(19)20)18-15(21)12-5-3-10(17)8-13(12)16/h3-6,8-9H,2,7H2,1H3,(H,18,21). The van der Waals surface area contributed by atoms with Gasteiger partial charge in [-0.3, -0.25) is 9.59 Å². The molecule has 0 radical (unpaired) electrons. The summed E-state index contributed by atoms with van der Waals surface area (Å²) in [6, 6.07) is 6.80. The number of hydrogen-bond acceptors (Lipinski definition) is 2. The molecular weight excluding hydrogens is 339 g/mol. The van der Waals surface area contributed by atoms with Crippen LogP contribution < -0.4 is 10.9 Å². The molecule has 0 fully saturated rings. The van der Waals surface area contributed by atoms with Crippen molar-refractivity contribution in [3.05, 3.63) is 62.7 Å². The van der Waals surface area contributed by atoms with E-state index in [1.807, 2.05) is 6.92 Å². The molecule has 0 atom stereocenters. The fraction of sp³-hybridized carbons (Fsp3) is 0.200. The van der Waals surface area contributed by atoms with Gasteiger partial charge in [0, 0.05) is 23.3 Å². The predicted molar refractivity (Wildman–Crippen MR) is 83.0 cm³/mol. The molecule has 0 saturated heterocycles. The number of carbonyl (C=O) groups is 1. The van der Waals surface area contributed by atoms with Gasteiger partial charge >= 0.3 is 0 Å². The summed E-state index contributed by atoms with van der Waals surface area (Å²) in [6.45, 7) is 2.55. The molecule has 1 aromatic heterocycles. The maximum atomic E-state index is 13.0. The normalized spacial score (nSPS) is 10.4. The number of anilines is 1. The molecule has 1 heterocycles. The number of amides is 1. The molecule has 0 saturated carbocycles. The molecule has 110 valence electrons. The van der Waals surface area contributed by atoms with E-state index in [9.17, 15) is 14.0 Å². The smallest absolute Gasteiger partial charge is 0.256 e. The molecule has 0 aliphatic rings. The molecule has 6 heteroatoms. The molecule has 2 rings (SSSR count). The van der Waals surface area contributed by atoms with Gasteiger partial charge in [0.05, 0.1) is 11.3 Å². The van der Waals surface area contributed by atoms with Crippen molar-refractivity contribution in [3.8, 4) is 0 Å². The first-order chi connectivity index (χ1) is 10.0. The molecule has 0 unspecified atom stereocenters. The summed E-state index contributed by atoms with van der Waals surface area (Å²) < 4.78 is 14.9. The van der Waals surface area contributed by atoms with Gasteiger partial charge in [-0.15, -0.1) is 0 Å². The van der Waals surface area contributed by atoms with Crippen molar-refractivity contribution < 1.29 is 9.18 Å². The minimum absolute atomic E-state index is 0.113. The number of rotatable bonds is 4. The lowest BCUT2D eigenvalue weighted by atomic mass is 10.2. The largest absolute Gasteiger partial charge is 0.321 e. The van der Waals surface area contributed by atoms with Crippen LogP contribution in [0.1, 0.15) is 23.7 Å². The lowest BCUT2D eigenvalue weighted by Crippen LogP contribution is -2.20. The molecule has 0 aliphatic heterocycles. The summed E-state index contributed by atoms with van der Waals surface area (Å²) >= 11 is 3.16. The van der Waals surface area contributed by atoms with Crippen LogP contribution in [-0.2, 0) is 6.54 Å². The lowest BCUT2D eigenvalue weighted by Gasteiger charge is -2.09. The van der Waals surface area contributed by atoms with E-state index in [-0.39, 0.29) is 11.5 Å². The summed E-state index contributed by atoms with van der Waals surface area (Å²) in [5.41, 5.74) is 0.728. The van der Waals surface area contributed by atoms with Gasteiger partial charge in [-0.05, 0) is 46.6 Å². The Morgan fingerprint density at radius 1 is 1.33 bits per heavy atom. The van der Waals surface area contributed by atoms with Gasteiger partial charge in [-0.1, -0.05) is 6.92 Å². The van der Waals surface area contributed by atoms with E-state index in [1.54, 1.807) is 12.3 Å². The molecule has 0 aliphatic carbocycles. The third-order valence-corrected chi connectivity index (χ3v) is 3.54. The monoisotopic (exact) mass is 352 g/mol. The number of pyridine rings is 1. The van der Waals surface area contributed by atoms with Gasteiger partial charge in [-0.25, -0.2) is 4.39 Å². The maximum Gasteiger partial charge on any atom is 0.256 e. The van der Waals surface area contributed by atoms with E-state index in [0.717, 1.165) is 6.42 Å². The minimum Gasteiger partial charge on any atom is -0.321 e. The zero-order chi connectivity index (χ0) is 15.4. The van der Waals surface area contributed by atoms with Crippen LogP contribution in [0.2, 0.25) is 0 Å². The lowest BCUT2D eigenvalue weighted by molar-refractivity contribution is 0.102. The highest BCUT2D eigenvalue weighted by Gasteiger charge is 2.11. The molecule has 1 aromatic carbocycles. The van der Waals surface area contributed by atoms with E-state index in [1.165, 1.54) is 28.8 Å². The number of aromatic nitrogens is 1. The van der Waals surface area contributed by atoms with Crippen LogP contribution in [0, 0.1) is 5.82 Å². The third kappa shape index (κ3) is 3.78. The second kappa shape index (κ2) is 6.67. The van der Waals surface area contributed by atoms with Crippen LogP contribution in [0.5, 0.6) is 0 Å². The first-order valence-electron chi connectivity index (χ1n) is 6.48. The highest BCUT2D eigenvalue weighted by molar-refractivity contribution is 9.10. The number of nitrogens with one attached hydrogen (secondary N) is 1. The summed E-state index contributed by atoms with van der Waals surface area (Å²) in [5, 5.41) is 2.69. The van der Waals surface area contributed by atoms with E-state index in [0.29, 0.717) is 22.3 Å². The molecule has 1 N–H and O–H groups in total. The Labute approximate surface area is 129 Å². The Morgan fingerprint density at radius 3 is 2.76 bits per heavy atom. The van der Waals surface area contributed by atoms with Gasteiger partial charge in [0.2, 0.25) is 0 Å². The number of hydrogen-bond donors (Lipinski definition) is 1. The Bertz CT molecular complexity index is 728. The van der Waals surface area contributed by atoms with Crippen molar-refractivity contribution >= 4 is 27.5 Å². The summed E-state index contributed by atoms with van der Waals surface area (Å²) in [4.78, 5) is 23.8. The Morgan fingerprint density at radius 2 is 2.10 bits per heavy atom. The topological polar surface area (TPSA) is 51.1 Å². The van der Waals surface area contributed by atoms with E-state index < -0.39 is 5.82 Å². The number of aryl methyl sites for hydroxylation is 1. The van der Waals surface area contributed by atoms with E-state index in [2.05, 4.69) is 21.2 Å². The SMILES string of the molecule is CCCn1cc(NC(=O)c2ccc(F)cc2Br)ccc1=O. The number of nitrogens with zero attached hydrogens (tertiary/aromatic N) is 1. The second-order valence-corrected chi connectivity index (χ2v) is 5.38. The van der Waals surface area contributed by atoms with E-state index >= 15 is 0 Å². The zero-order valence-corrected chi connectivity index (χ0v) is 13.0. The summed E-state index contributed by atoms with van der Waals surface area (Å²) in [7, 11) is 0. The first-order valence-corrected chi connectivity index (χ1v) is 7.27. The van der Waals surface area contributed by atoms with Crippen molar-refractivity contribution in [2.45, 2.75) is 19.9 Å². The van der Waals surface area contributed by atoms with Crippen molar-refractivity contribution in [1.29, 1.82) is 0 Å². The van der Waals surface area contributed by atoms with Crippen LogP contribution in [0.15, 0.2) is 45.8 Å². The average molecular weight is 353 g/mol. The second-order valence-electron chi connectivity index (χ2n) is 4.53. The van der Waals surface area contributed by atoms with Crippen molar-refractivity contribution in [3.63, 3.8) is 0 Å². The highest BCUT2D eigenvalue weighted by Crippen LogP contribution is 2.19. The Balaban J connectivity index is 2.23. The predicted octanol–water partition coefficient (Wildman–Crippen LogP) is 3.41. The highest BCUT2D eigenvalue weighted by atomic mass is 79.9. The molecule has 4 nitrogen and oxygen atoms in total. The van der Waals surface area contributed by atoms with E-state index in [4.69, 9.17) is 0 Å². The van der Waals surface area contributed by atoms with Gasteiger partial charge in [-0.2, -0.15) is 0 Å². The van der Waals surface area contributed by atoms with Crippen LogP contribution >= 0.6 is 15.9 Å². The quantitative estimate of drug-likeness (QED) is 0.916. The summed E-state index contributed by atoms with van der Waals surface area (Å²) in [6.07, 6.45) is 2.42. The number of benzene rings is 1. The summed E-state index contributed by atoms with van der Waals surface area (Å²) in [5.74, 6) is -0.793. The van der Waals surface area contributed by atoms with Gasteiger partial charge < -0.3 is 9.88 Å². The third-order valence-electron chi connectivity index (χ3n) is 2.88. The molecule has 1 amide bonds.